The van der Waals surface area contributed by atoms with Crippen molar-refractivity contribution in [3.05, 3.63) is 0 Å². The molecule has 1 fully saturated rings. The fraction of sp³-hybridized carbons (Fsp3) is 1.00. The molecule has 1 heterocycles. The molecule has 0 bridgehead atoms. The lowest BCUT2D eigenvalue weighted by molar-refractivity contribution is 0.123. The summed E-state index contributed by atoms with van der Waals surface area (Å²) in [5.74, 6) is 0. The monoisotopic (exact) mass is 99.1 g/mol. The van der Waals surface area contributed by atoms with E-state index in [4.69, 9.17) is 0 Å². The topological polar surface area (TPSA) is 3.24 Å². The van der Waals surface area contributed by atoms with Crippen LogP contribution in [-0.2, 0) is 0 Å². The Hall–Kier alpha value is -0.0400. The summed E-state index contributed by atoms with van der Waals surface area (Å²) in [6, 6.07) is 0.917. The van der Waals surface area contributed by atoms with E-state index in [1.165, 1.54) is 19.4 Å². The predicted octanol–water partition coefficient (Wildman–Crippen LogP) is 1.10. The molecule has 0 radical (unpaired) electrons. The van der Waals surface area contributed by atoms with Crippen LogP contribution in [0.2, 0.25) is 0 Å². The smallest absolute Gasteiger partial charge is 0.0102 e. The molecule has 0 aromatic heterocycles. The summed E-state index contributed by atoms with van der Waals surface area (Å²) >= 11 is 0. The molecule has 1 aliphatic heterocycles. The molecule has 0 aromatic rings. The molecule has 42 valence electrons. The molecule has 0 N–H and O–H groups in total. The highest BCUT2D eigenvalue weighted by molar-refractivity contribution is 4.77. The first-order valence-corrected chi connectivity index (χ1v) is 3.05. The molecule has 1 saturated heterocycles. The van der Waals surface area contributed by atoms with E-state index in [2.05, 4.69) is 18.9 Å². The van der Waals surface area contributed by atoms with Gasteiger partial charge < -0.3 is 4.90 Å². The average Bonchev–Trinajstić information content (AvgIpc) is 1.65. The van der Waals surface area contributed by atoms with Gasteiger partial charge in [0.15, 0.2) is 0 Å². The molecular formula is C6H13N. The van der Waals surface area contributed by atoms with Gasteiger partial charge in [-0.2, -0.15) is 0 Å². The van der Waals surface area contributed by atoms with E-state index in [-0.39, 0.29) is 0 Å². The first-order valence-electron chi connectivity index (χ1n) is 3.05. The largest absolute Gasteiger partial charge is 0.303 e. The number of hydrogen-bond donors (Lipinski definition) is 0. The van der Waals surface area contributed by atoms with E-state index in [0.717, 1.165) is 6.04 Å². The third-order valence-corrected chi connectivity index (χ3v) is 1.91. The number of rotatable bonds is 1. The van der Waals surface area contributed by atoms with Crippen molar-refractivity contribution in [2.24, 2.45) is 0 Å². The maximum absolute atomic E-state index is 2.40. The lowest BCUT2D eigenvalue weighted by Crippen LogP contribution is -2.43. The molecular weight excluding hydrogens is 86.1 g/mol. The van der Waals surface area contributed by atoms with Crippen LogP contribution in [0.1, 0.15) is 19.8 Å². The zero-order chi connectivity index (χ0) is 5.28. The summed E-state index contributed by atoms with van der Waals surface area (Å²) in [7, 11) is 2.19. The Morgan fingerprint density at radius 1 is 1.71 bits per heavy atom. The molecule has 0 saturated carbocycles. The van der Waals surface area contributed by atoms with Crippen molar-refractivity contribution in [1.29, 1.82) is 0 Å². The van der Waals surface area contributed by atoms with Gasteiger partial charge in [0.25, 0.3) is 0 Å². The predicted molar refractivity (Wildman–Crippen MR) is 31.3 cm³/mol. The lowest BCUT2D eigenvalue weighted by atomic mass is 10.0. The molecule has 0 amide bonds. The van der Waals surface area contributed by atoms with Crippen LogP contribution in [0.5, 0.6) is 0 Å². The van der Waals surface area contributed by atoms with Gasteiger partial charge in [0, 0.05) is 6.04 Å². The van der Waals surface area contributed by atoms with Gasteiger partial charge >= 0.3 is 0 Å². The molecule has 1 nitrogen and oxygen atoms in total. The molecule has 1 rings (SSSR count). The van der Waals surface area contributed by atoms with Crippen LogP contribution in [0.15, 0.2) is 0 Å². The molecule has 0 unspecified atom stereocenters. The summed E-state index contributed by atoms with van der Waals surface area (Å²) in [6.45, 7) is 3.57. The third-order valence-electron chi connectivity index (χ3n) is 1.91. The maximum Gasteiger partial charge on any atom is 0.0102 e. The molecule has 0 spiro atoms. The van der Waals surface area contributed by atoms with Crippen LogP contribution in [0.4, 0.5) is 0 Å². The Morgan fingerprint density at radius 3 is 2.43 bits per heavy atom. The molecule has 1 heteroatoms. The van der Waals surface area contributed by atoms with Crippen LogP contribution < -0.4 is 0 Å². The maximum atomic E-state index is 2.40. The highest BCUT2D eigenvalue weighted by atomic mass is 15.2. The van der Waals surface area contributed by atoms with Crippen molar-refractivity contribution in [3.8, 4) is 0 Å². The minimum absolute atomic E-state index is 0.917. The van der Waals surface area contributed by atoms with Crippen molar-refractivity contribution in [1.82, 2.24) is 4.90 Å². The second kappa shape index (κ2) is 1.83. The minimum Gasteiger partial charge on any atom is -0.303 e. The van der Waals surface area contributed by atoms with E-state index in [0.29, 0.717) is 0 Å². The second-order valence-electron chi connectivity index (χ2n) is 2.33. The zero-order valence-corrected chi connectivity index (χ0v) is 5.15. The first-order chi connectivity index (χ1) is 3.34. The summed E-state index contributed by atoms with van der Waals surface area (Å²) in [5.41, 5.74) is 0. The van der Waals surface area contributed by atoms with Gasteiger partial charge in [0.1, 0.15) is 0 Å². The number of nitrogens with zero attached hydrogens (tertiary/aromatic N) is 1. The fourth-order valence-corrected chi connectivity index (χ4v) is 1.09. The highest BCUT2D eigenvalue weighted by Crippen LogP contribution is 2.16. The highest BCUT2D eigenvalue weighted by Gasteiger charge is 2.20. The Balaban J connectivity index is 2.16. The summed E-state index contributed by atoms with van der Waals surface area (Å²) in [6.07, 6.45) is 2.75. The standard InChI is InChI=1S/C6H13N/c1-3-6-4-5-7(6)2/h6H,3-5H2,1-2H3/t6-/m1/s1. The zero-order valence-electron chi connectivity index (χ0n) is 5.15. The van der Waals surface area contributed by atoms with Crippen LogP contribution in [0.3, 0.4) is 0 Å². The van der Waals surface area contributed by atoms with Crippen molar-refractivity contribution in [3.63, 3.8) is 0 Å². The quantitative estimate of drug-likeness (QED) is 0.476. The van der Waals surface area contributed by atoms with E-state index in [9.17, 15) is 0 Å². The van der Waals surface area contributed by atoms with Gasteiger partial charge in [-0.3, -0.25) is 0 Å². The Bertz CT molecular complexity index is 59.2. The van der Waals surface area contributed by atoms with Gasteiger partial charge in [-0.05, 0) is 26.4 Å². The van der Waals surface area contributed by atoms with E-state index in [1.54, 1.807) is 0 Å². The normalized spacial score (nSPS) is 32.6. The van der Waals surface area contributed by atoms with Crippen molar-refractivity contribution >= 4 is 0 Å². The molecule has 0 aromatic carbocycles. The second-order valence-corrected chi connectivity index (χ2v) is 2.33. The van der Waals surface area contributed by atoms with Gasteiger partial charge in [-0.25, -0.2) is 0 Å². The number of hydrogen-bond acceptors (Lipinski definition) is 1. The van der Waals surface area contributed by atoms with Crippen LogP contribution >= 0.6 is 0 Å². The van der Waals surface area contributed by atoms with Gasteiger partial charge in [0.2, 0.25) is 0 Å². The number of likely N-dealkylation sites (tertiary alicyclic amines) is 1. The van der Waals surface area contributed by atoms with Crippen molar-refractivity contribution in [2.75, 3.05) is 13.6 Å². The minimum atomic E-state index is 0.917. The molecule has 7 heavy (non-hydrogen) atoms. The van der Waals surface area contributed by atoms with Crippen LogP contribution in [0.25, 0.3) is 0 Å². The van der Waals surface area contributed by atoms with Crippen LogP contribution in [0, 0.1) is 0 Å². The lowest BCUT2D eigenvalue weighted by Gasteiger charge is -2.37. The van der Waals surface area contributed by atoms with Gasteiger partial charge in [-0.15, -0.1) is 0 Å². The van der Waals surface area contributed by atoms with Gasteiger partial charge in [0.05, 0.1) is 0 Å². The molecule has 0 aliphatic carbocycles. The van der Waals surface area contributed by atoms with E-state index >= 15 is 0 Å². The summed E-state index contributed by atoms with van der Waals surface area (Å²) in [4.78, 5) is 2.40. The Morgan fingerprint density at radius 2 is 2.43 bits per heavy atom. The molecule has 1 atom stereocenters. The van der Waals surface area contributed by atoms with Crippen molar-refractivity contribution < 1.29 is 0 Å². The Kier molecular flexibility index (Phi) is 1.33. The average molecular weight is 99.2 g/mol. The van der Waals surface area contributed by atoms with Gasteiger partial charge in [-0.1, -0.05) is 6.92 Å². The third kappa shape index (κ3) is 0.778. The summed E-state index contributed by atoms with van der Waals surface area (Å²) < 4.78 is 0. The van der Waals surface area contributed by atoms with E-state index < -0.39 is 0 Å². The first kappa shape index (κ1) is 5.10. The van der Waals surface area contributed by atoms with Crippen LogP contribution in [-0.4, -0.2) is 24.5 Å². The van der Waals surface area contributed by atoms with Crippen molar-refractivity contribution in [2.45, 2.75) is 25.8 Å². The Labute approximate surface area is 45.3 Å². The summed E-state index contributed by atoms with van der Waals surface area (Å²) in [5, 5.41) is 0. The molecule has 1 aliphatic rings. The van der Waals surface area contributed by atoms with E-state index in [1.807, 2.05) is 0 Å². The SMILES string of the molecule is CC[C@@H]1CCN1C. The fourth-order valence-electron chi connectivity index (χ4n) is 1.09.